The minimum Gasteiger partial charge on any atom is 0 e. The summed E-state index contributed by atoms with van der Waals surface area (Å²) >= 11 is -1.78. The maximum atomic E-state index is 6.43. The van der Waals surface area contributed by atoms with E-state index in [9.17, 15) is 0 Å². The van der Waals surface area contributed by atoms with Crippen molar-refractivity contribution in [1.82, 2.24) is 0 Å². The van der Waals surface area contributed by atoms with E-state index in [-0.39, 0.29) is 20.1 Å². The Morgan fingerprint density at radius 2 is 1.35 bits per heavy atom. The second kappa shape index (κ2) is 15.5. The molecule has 0 N–H and O–H groups in total. The predicted molar refractivity (Wildman–Crippen MR) is 214 cm³/mol. The molecule has 1 radical (unpaired) electrons. The molecule has 0 saturated carbocycles. The van der Waals surface area contributed by atoms with Crippen LogP contribution in [0.25, 0.3) is 55.6 Å². The minimum atomic E-state index is -1.78. The molecule has 5 heteroatoms. The summed E-state index contributed by atoms with van der Waals surface area (Å²) in [5.74, 6) is 8.19. The van der Waals surface area contributed by atoms with Crippen molar-refractivity contribution in [2.45, 2.75) is 44.0 Å². The zero-order valence-corrected chi connectivity index (χ0v) is 35.2. The van der Waals surface area contributed by atoms with Gasteiger partial charge in [0.2, 0.25) is 0 Å². The zero-order valence-electron chi connectivity index (χ0n) is 30.7. The first-order valence-electron chi connectivity index (χ1n) is 17.4. The van der Waals surface area contributed by atoms with Gasteiger partial charge in [0.25, 0.3) is 0 Å². The molecule has 0 aliphatic heterocycles. The Morgan fingerprint density at radius 1 is 0.647 bits per heavy atom. The van der Waals surface area contributed by atoms with Gasteiger partial charge in [0.05, 0.1) is 17.5 Å². The molecule has 7 rings (SSSR count). The summed E-state index contributed by atoms with van der Waals surface area (Å²) in [6, 6.07) is 38.1. The summed E-state index contributed by atoms with van der Waals surface area (Å²) < 4.78 is 11.8. The summed E-state index contributed by atoms with van der Waals surface area (Å²) in [7, 11) is 8.38. The first kappa shape index (κ1) is 37.9. The standard InChI is InChI=1S/C30H28NO.C16H20GeN.Ir/c1-19(2)21(4)23-15-16-31(5)27(18-23)29-20(3)11-13-25-26-17-24(22-9-7-6-8-10-22)12-14-28(26)32-30(25)29;1-13-8-6-7-9-15(13)16-11-10-14(12-18(16)5)17(2,3)4;/h6-19,21H,3,5H2,1-2,4H3;6-12H,1,5H2,2-4H3;/q2*-1;. The molecule has 263 valence electrons. The fourth-order valence-corrected chi connectivity index (χ4v) is 8.77. The summed E-state index contributed by atoms with van der Waals surface area (Å²) in [5, 5.41) is 2.22. The number of rotatable bonds is 6. The SMILES string of the molecule is [CH2-]c1ccc2c(oc3ccc(-c4ccccc4)cc32)c1-c1cc(C(C)C(C)C)cc[n+]1[CH2-].[CH2-]c1ccccc1-c1cc[c]([Ge]([CH3])([CH3])[CH3])c[n+]1[CH2-].[Ir]. The van der Waals surface area contributed by atoms with Crippen molar-refractivity contribution in [3.8, 4) is 33.6 Å². The molecule has 0 bridgehead atoms. The number of hydrogen-bond donors (Lipinski definition) is 0. The van der Waals surface area contributed by atoms with Gasteiger partial charge in [-0.25, -0.2) is 0 Å². The second-order valence-electron chi connectivity index (χ2n) is 14.7. The average molecular weight is 910 g/mol. The normalized spacial score (nSPS) is 12.0. The van der Waals surface area contributed by atoms with Crippen LogP contribution in [-0.4, -0.2) is 13.3 Å². The van der Waals surface area contributed by atoms with Crippen molar-refractivity contribution in [2.24, 2.45) is 5.92 Å². The monoisotopic (exact) mass is 911 g/mol. The van der Waals surface area contributed by atoms with Crippen molar-refractivity contribution >= 4 is 39.6 Å². The molecular formula is C46H48GeIrN2O-2. The van der Waals surface area contributed by atoms with Crippen LogP contribution in [0.1, 0.15) is 43.4 Å². The minimum absolute atomic E-state index is 0. The Labute approximate surface area is 321 Å². The topological polar surface area (TPSA) is 20.9 Å². The van der Waals surface area contributed by atoms with Crippen LogP contribution < -0.4 is 13.5 Å². The molecule has 0 amide bonds. The van der Waals surface area contributed by atoms with Crippen LogP contribution in [-0.2, 0) is 20.1 Å². The van der Waals surface area contributed by atoms with E-state index in [1.165, 1.54) is 21.1 Å². The Kier molecular flexibility index (Phi) is 11.5. The van der Waals surface area contributed by atoms with Gasteiger partial charge in [0.15, 0.2) is 0 Å². The van der Waals surface area contributed by atoms with E-state index < -0.39 is 13.3 Å². The van der Waals surface area contributed by atoms with Crippen LogP contribution in [0.5, 0.6) is 0 Å². The number of furan rings is 1. The molecule has 3 nitrogen and oxygen atoms in total. The number of pyridine rings is 2. The fraction of sp³-hybridized carbons (Fsp3) is 0.174. The van der Waals surface area contributed by atoms with E-state index in [1.54, 1.807) is 0 Å². The van der Waals surface area contributed by atoms with Crippen LogP contribution in [0.4, 0.5) is 0 Å². The third-order valence-corrected chi connectivity index (χ3v) is 14.1. The van der Waals surface area contributed by atoms with Gasteiger partial charge in [-0.2, -0.15) is 18.6 Å². The van der Waals surface area contributed by atoms with Crippen LogP contribution in [0.15, 0.2) is 126 Å². The molecule has 3 heterocycles. The van der Waals surface area contributed by atoms with Gasteiger partial charge < -0.3 is 8.98 Å². The van der Waals surface area contributed by atoms with E-state index in [1.807, 2.05) is 39.6 Å². The van der Waals surface area contributed by atoms with Crippen molar-refractivity contribution in [1.29, 1.82) is 0 Å². The fourth-order valence-electron chi connectivity index (χ4n) is 6.40. The Bertz CT molecular complexity index is 2300. The molecule has 0 spiro atoms. The smallest absolute Gasteiger partial charge is 0 e. The van der Waals surface area contributed by atoms with E-state index >= 15 is 0 Å². The van der Waals surface area contributed by atoms with Crippen molar-refractivity contribution < 1.29 is 33.7 Å². The molecule has 0 saturated heterocycles. The number of hydrogen-bond acceptors (Lipinski definition) is 1. The number of nitrogens with zero attached hydrogens (tertiary/aromatic N) is 2. The van der Waals surface area contributed by atoms with Crippen molar-refractivity contribution in [3.63, 3.8) is 0 Å². The molecule has 3 aromatic heterocycles. The van der Waals surface area contributed by atoms with Gasteiger partial charge in [-0.3, -0.25) is 0 Å². The summed E-state index contributed by atoms with van der Waals surface area (Å²) in [5.41, 5.74) is 11.7. The van der Waals surface area contributed by atoms with E-state index in [2.05, 4.69) is 157 Å². The Hall–Kier alpha value is -4.35. The third kappa shape index (κ3) is 7.94. The quantitative estimate of drug-likeness (QED) is 0.0925. The van der Waals surface area contributed by atoms with Crippen molar-refractivity contribution in [3.05, 3.63) is 166 Å². The average Bonchev–Trinajstić information content (AvgIpc) is 3.47. The van der Waals surface area contributed by atoms with E-state index in [4.69, 9.17) is 4.42 Å². The Balaban J connectivity index is 0.000000226. The number of benzene rings is 4. The number of aromatic nitrogens is 2. The molecule has 7 aromatic rings. The van der Waals surface area contributed by atoms with Gasteiger partial charge in [0.1, 0.15) is 5.58 Å². The van der Waals surface area contributed by atoms with Crippen molar-refractivity contribution in [2.75, 3.05) is 0 Å². The van der Waals surface area contributed by atoms with Gasteiger partial charge in [0, 0.05) is 37.9 Å². The largest absolute Gasteiger partial charge is 0 e. The molecule has 1 unspecified atom stereocenters. The third-order valence-electron chi connectivity index (χ3n) is 9.86. The molecule has 0 fully saturated rings. The second-order valence-corrected chi connectivity index (χ2v) is 25.3. The van der Waals surface area contributed by atoms with Crippen LogP contribution in [0.3, 0.4) is 0 Å². The maximum absolute atomic E-state index is 6.43. The summed E-state index contributed by atoms with van der Waals surface area (Å²) in [4.78, 5) is 0. The first-order chi connectivity index (χ1) is 23.8. The van der Waals surface area contributed by atoms with E-state index in [0.717, 1.165) is 55.6 Å². The summed E-state index contributed by atoms with van der Waals surface area (Å²) in [6.45, 7) is 15.2. The number of fused-ring (bicyclic) bond motifs is 3. The van der Waals surface area contributed by atoms with Gasteiger partial charge in [-0.05, 0) is 35.1 Å². The maximum Gasteiger partial charge on any atom is 0 e. The Morgan fingerprint density at radius 3 is 2.02 bits per heavy atom. The predicted octanol–water partition coefficient (Wildman–Crippen LogP) is 10.8. The van der Waals surface area contributed by atoms with Gasteiger partial charge in [-0.15, -0.1) is 6.07 Å². The first-order valence-corrected chi connectivity index (χ1v) is 24.7. The molecular weight excluding hydrogens is 861 g/mol. The van der Waals surface area contributed by atoms with E-state index in [0.29, 0.717) is 11.8 Å². The van der Waals surface area contributed by atoms with Crippen LogP contribution in [0.2, 0.25) is 17.3 Å². The van der Waals surface area contributed by atoms with Gasteiger partial charge >= 0.3 is 113 Å². The molecule has 1 atom stereocenters. The molecule has 51 heavy (non-hydrogen) atoms. The molecule has 4 aromatic carbocycles. The van der Waals surface area contributed by atoms with Gasteiger partial charge in [-0.1, -0.05) is 80.4 Å². The summed E-state index contributed by atoms with van der Waals surface area (Å²) in [6.07, 6.45) is 4.22. The zero-order chi connectivity index (χ0) is 35.7. The van der Waals surface area contributed by atoms with Crippen LogP contribution >= 0.6 is 0 Å². The molecule has 0 aliphatic carbocycles. The molecule has 0 aliphatic rings. The van der Waals surface area contributed by atoms with Crippen LogP contribution in [0, 0.1) is 33.9 Å².